The van der Waals surface area contributed by atoms with E-state index in [4.69, 9.17) is 0 Å². The standard InChI is InChI=1S/C16H26N2O/c1-3-17-11-15-10-13(2)4-5-16(15)18-8-6-14(12-19)7-9-18/h4-5,10,14,17,19H,3,6-9,11-12H2,1-2H3. The van der Waals surface area contributed by atoms with Crippen molar-refractivity contribution in [3.63, 3.8) is 0 Å². The monoisotopic (exact) mass is 262 g/mol. The summed E-state index contributed by atoms with van der Waals surface area (Å²) in [6.45, 7) is 8.69. The maximum atomic E-state index is 9.23. The quantitative estimate of drug-likeness (QED) is 0.855. The summed E-state index contributed by atoms with van der Waals surface area (Å²) >= 11 is 0. The maximum Gasteiger partial charge on any atom is 0.0460 e. The Kier molecular flexibility index (Phi) is 5.23. The normalized spacial score (nSPS) is 16.9. The molecule has 0 spiro atoms. The Balaban J connectivity index is 2.10. The van der Waals surface area contributed by atoms with Crippen molar-refractivity contribution in [2.24, 2.45) is 5.92 Å². The second-order valence-electron chi connectivity index (χ2n) is 5.53. The van der Waals surface area contributed by atoms with Gasteiger partial charge in [-0.25, -0.2) is 0 Å². The van der Waals surface area contributed by atoms with Crippen LogP contribution in [0.4, 0.5) is 5.69 Å². The molecule has 2 N–H and O–H groups in total. The number of hydrogen-bond acceptors (Lipinski definition) is 3. The van der Waals surface area contributed by atoms with E-state index < -0.39 is 0 Å². The molecule has 0 aromatic heterocycles. The molecule has 0 radical (unpaired) electrons. The second-order valence-corrected chi connectivity index (χ2v) is 5.53. The number of aryl methyl sites for hydroxylation is 1. The fraction of sp³-hybridized carbons (Fsp3) is 0.625. The third kappa shape index (κ3) is 3.71. The van der Waals surface area contributed by atoms with E-state index in [2.05, 4.69) is 42.3 Å². The minimum absolute atomic E-state index is 0.339. The van der Waals surface area contributed by atoms with Gasteiger partial charge in [0, 0.05) is 31.9 Å². The molecule has 1 aromatic rings. The van der Waals surface area contributed by atoms with E-state index in [9.17, 15) is 5.11 Å². The number of anilines is 1. The number of piperidine rings is 1. The Morgan fingerprint density at radius 2 is 2.05 bits per heavy atom. The smallest absolute Gasteiger partial charge is 0.0460 e. The average molecular weight is 262 g/mol. The summed E-state index contributed by atoms with van der Waals surface area (Å²) in [5.41, 5.74) is 4.08. The van der Waals surface area contributed by atoms with Crippen molar-refractivity contribution in [2.75, 3.05) is 31.1 Å². The zero-order valence-electron chi connectivity index (χ0n) is 12.2. The lowest BCUT2D eigenvalue weighted by molar-refractivity contribution is 0.203. The van der Waals surface area contributed by atoms with Crippen LogP contribution in [0.25, 0.3) is 0 Å². The zero-order valence-corrected chi connectivity index (χ0v) is 12.2. The van der Waals surface area contributed by atoms with Crippen LogP contribution in [0.2, 0.25) is 0 Å². The third-order valence-corrected chi connectivity index (χ3v) is 4.01. The largest absolute Gasteiger partial charge is 0.396 e. The van der Waals surface area contributed by atoms with Crippen molar-refractivity contribution in [1.82, 2.24) is 5.32 Å². The lowest BCUT2D eigenvalue weighted by Crippen LogP contribution is -2.35. The number of aliphatic hydroxyl groups is 1. The van der Waals surface area contributed by atoms with Crippen molar-refractivity contribution >= 4 is 5.69 Å². The van der Waals surface area contributed by atoms with Crippen molar-refractivity contribution in [1.29, 1.82) is 0 Å². The Hall–Kier alpha value is -1.06. The summed E-state index contributed by atoms with van der Waals surface area (Å²) in [7, 11) is 0. The summed E-state index contributed by atoms with van der Waals surface area (Å²) in [6.07, 6.45) is 2.20. The van der Waals surface area contributed by atoms with Crippen LogP contribution in [-0.4, -0.2) is 31.3 Å². The van der Waals surface area contributed by atoms with Crippen LogP contribution in [0.5, 0.6) is 0 Å². The number of hydrogen-bond donors (Lipinski definition) is 2. The van der Waals surface area contributed by atoms with Crippen LogP contribution >= 0.6 is 0 Å². The highest BCUT2D eigenvalue weighted by Gasteiger charge is 2.20. The van der Waals surface area contributed by atoms with Gasteiger partial charge in [-0.2, -0.15) is 0 Å². The molecular formula is C16H26N2O. The van der Waals surface area contributed by atoms with Crippen molar-refractivity contribution in [3.8, 4) is 0 Å². The SMILES string of the molecule is CCNCc1cc(C)ccc1N1CCC(CO)CC1. The van der Waals surface area contributed by atoms with Crippen LogP contribution in [0.15, 0.2) is 18.2 Å². The van der Waals surface area contributed by atoms with Gasteiger partial charge in [0.2, 0.25) is 0 Å². The first-order valence-electron chi connectivity index (χ1n) is 7.40. The minimum atomic E-state index is 0.339. The van der Waals surface area contributed by atoms with Gasteiger partial charge in [0.25, 0.3) is 0 Å². The van der Waals surface area contributed by atoms with Gasteiger partial charge in [0.05, 0.1) is 0 Å². The molecule has 0 unspecified atom stereocenters. The van der Waals surface area contributed by atoms with Gasteiger partial charge in [0.1, 0.15) is 0 Å². The van der Waals surface area contributed by atoms with Gasteiger partial charge in [0.15, 0.2) is 0 Å². The molecule has 1 fully saturated rings. The summed E-state index contributed by atoms with van der Waals surface area (Å²) in [5, 5.41) is 12.7. The lowest BCUT2D eigenvalue weighted by Gasteiger charge is -2.34. The van der Waals surface area contributed by atoms with Crippen LogP contribution in [0.1, 0.15) is 30.9 Å². The summed E-state index contributed by atoms with van der Waals surface area (Å²) in [5.74, 6) is 0.499. The maximum absolute atomic E-state index is 9.23. The second kappa shape index (κ2) is 6.92. The molecular weight excluding hydrogens is 236 g/mol. The van der Waals surface area contributed by atoms with Gasteiger partial charge in [-0.15, -0.1) is 0 Å². The van der Waals surface area contributed by atoms with Crippen molar-refractivity contribution in [2.45, 2.75) is 33.2 Å². The summed E-state index contributed by atoms with van der Waals surface area (Å²) < 4.78 is 0. The Labute approximate surface area is 116 Å². The average Bonchev–Trinajstić information content (AvgIpc) is 2.45. The molecule has 3 nitrogen and oxygen atoms in total. The zero-order chi connectivity index (χ0) is 13.7. The van der Waals surface area contributed by atoms with Crippen molar-refractivity contribution in [3.05, 3.63) is 29.3 Å². The van der Waals surface area contributed by atoms with E-state index in [1.54, 1.807) is 0 Å². The van der Waals surface area contributed by atoms with E-state index in [1.807, 2.05) is 0 Å². The molecule has 1 aromatic carbocycles. The third-order valence-electron chi connectivity index (χ3n) is 4.01. The first kappa shape index (κ1) is 14.4. The molecule has 2 rings (SSSR count). The molecule has 3 heteroatoms. The van der Waals surface area contributed by atoms with E-state index in [0.717, 1.165) is 39.0 Å². The highest BCUT2D eigenvalue weighted by atomic mass is 16.3. The number of nitrogens with one attached hydrogen (secondary N) is 1. The molecule has 1 saturated heterocycles. The van der Waals surface area contributed by atoms with E-state index >= 15 is 0 Å². The highest BCUT2D eigenvalue weighted by molar-refractivity contribution is 5.55. The molecule has 0 amide bonds. The lowest BCUT2D eigenvalue weighted by atomic mass is 9.96. The molecule has 1 aliphatic rings. The molecule has 1 heterocycles. The molecule has 0 aliphatic carbocycles. The van der Waals surface area contributed by atoms with Crippen LogP contribution < -0.4 is 10.2 Å². The molecule has 0 saturated carbocycles. The van der Waals surface area contributed by atoms with Gasteiger partial charge in [-0.05, 0) is 43.9 Å². The molecule has 0 atom stereocenters. The van der Waals surface area contributed by atoms with Crippen LogP contribution in [-0.2, 0) is 6.54 Å². The van der Waals surface area contributed by atoms with E-state index in [-0.39, 0.29) is 0 Å². The summed E-state index contributed by atoms with van der Waals surface area (Å²) in [6, 6.07) is 6.74. The highest BCUT2D eigenvalue weighted by Crippen LogP contribution is 2.27. The number of benzene rings is 1. The van der Waals surface area contributed by atoms with Gasteiger partial charge in [-0.3, -0.25) is 0 Å². The van der Waals surface area contributed by atoms with E-state index in [1.165, 1.54) is 16.8 Å². The van der Waals surface area contributed by atoms with E-state index in [0.29, 0.717) is 12.5 Å². The topological polar surface area (TPSA) is 35.5 Å². The van der Waals surface area contributed by atoms with Gasteiger partial charge in [-0.1, -0.05) is 24.6 Å². The molecule has 1 aliphatic heterocycles. The molecule has 19 heavy (non-hydrogen) atoms. The number of nitrogens with zero attached hydrogens (tertiary/aromatic N) is 1. The fourth-order valence-electron chi connectivity index (χ4n) is 2.78. The molecule has 106 valence electrons. The van der Waals surface area contributed by atoms with Crippen molar-refractivity contribution < 1.29 is 5.11 Å². The van der Waals surface area contributed by atoms with Gasteiger partial charge >= 0.3 is 0 Å². The predicted octanol–water partition coefficient (Wildman–Crippen LogP) is 2.31. The van der Waals surface area contributed by atoms with Gasteiger partial charge < -0.3 is 15.3 Å². The first-order chi connectivity index (χ1) is 9.24. The Morgan fingerprint density at radius 1 is 1.32 bits per heavy atom. The summed E-state index contributed by atoms with van der Waals surface area (Å²) in [4.78, 5) is 2.47. The number of aliphatic hydroxyl groups excluding tert-OH is 1. The van der Waals surface area contributed by atoms with Crippen LogP contribution in [0, 0.1) is 12.8 Å². The molecule has 0 bridgehead atoms. The first-order valence-corrected chi connectivity index (χ1v) is 7.40. The Morgan fingerprint density at radius 3 is 2.68 bits per heavy atom. The van der Waals surface area contributed by atoms with Crippen LogP contribution in [0.3, 0.4) is 0 Å². The predicted molar refractivity (Wildman–Crippen MR) is 80.6 cm³/mol. The number of rotatable bonds is 5. The Bertz CT molecular complexity index is 398. The fourth-order valence-corrected chi connectivity index (χ4v) is 2.78. The minimum Gasteiger partial charge on any atom is -0.396 e.